The highest BCUT2D eigenvalue weighted by molar-refractivity contribution is 6.02. The molecule has 2 aliphatic heterocycles. The molecule has 1 atom stereocenters. The van der Waals surface area contributed by atoms with Gasteiger partial charge < -0.3 is 10.2 Å². The average molecular weight is 368 g/mol. The number of amides is 1. The molecule has 27 heavy (non-hydrogen) atoms. The number of para-hydroxylation sites is 1. The van der Waals surface area contributed by atoms with Gasteiger partial charge in [-0.1, -0.05) is 24.6 Å². The number of carbonyl (C=O) groups is 1. The Morgan fingerprint density at radius 1 is 1.07 bits per heavy atom. The molecular weight excluding hydrogens is 343 g/mol. The van der Waals surface area contributed by atoms with Gasteiger partial charge in [-0.25, -0.2) is 9.37 Å². The first-order valence-corrected chi connectivity index (χ1v) is 9.70. The second-order valence-corrected chi connectivity index (χ2v) is 7.26. The number of nitrogens with one attached hydrogen (secondary N) is 1. The van der Waals surface area contributed by atoms with Crippen LogP contribution in [0.4, 0.5) is 15.9 Å². The first-order valence-electron chi connectivity index (χ1n) is 9.70. The van der Waals surface area contributed by atoms with Crippen molar-refractivity contribution in [2.75, 3.05) is 42.9 Å². The van der Waals surface area contributed by atoms with Crippen LogP contribution in [0.2, 0.25) is 0 Å². The summed E-state index contributed by atoms with van der Waals surface area (Å²) in [6.07, 6.45) is 4.63. The van der Waals surface area contributed by atoms with Gasteiger partial charge in [-0.05, 0) is 43.1 Å². The van der Waals surface area contributed by atoms with Crippen LogP contribution in [0.15, 0.2) is 42.6 Å². The number of carbonyl (C=O) groups excluding carboxylic acids is 1. The van der Waals surface area contributed by atoms with Gasteiger partial charge >= 0.3 is 0 Å². The number of unbranched alkanes of at least 4 members (excludes halogenated alkanes) is 1. The molecule has 5 nitrogen and oxygen atoms in total. The van der Waals surface area contributed by atoms with E-state index in [1.165, 1.54) is 6.07 Å². The highest BCUT2D eigenvalue weighted by atomic mass is 19.1. The van der Waals surface area contributed by atoms with Crippen LogP contribution in [-0.2, 0) is 4.79 Å². The lowest BCUT2D eigenvalue weighted by Crippen LogP contribution is -2.46. The van der Waals surface area contributed by atoms with Crippen LogP contribution in [0.3, 0.4) is 0 Å². The fraction of sp³-hybridized carbons (Fsp3) is 0.429. The molecular formula is C21H25FN4O. The van der Waals surface area contributed by atoms with Crippen LogP contribution in [0.5, 0.6) is 0 Å². The van der Waals surface area contributed by atoms with Gasteiger partial charge in [0, 0.05) is 32.4 Å². The molecule has 3 heterocycles. The van der Waals surface area contributed by atoms with Crippen LogP contribution in [0.25, 0.3) is 0 Å². The third-order valence-corrected chi connectivity index (χ3v) is 5.55. The van der Waals surface area contributed by atoms with E-state index in [1.807, 2.05) is 24.4 Å². The van der Waals surface area contributed by atoms with Gasteiger partial charge in [0.2, 0.25) is 5.91 Å². The van der Waals surface area contributed by atoms with Crippen LogP contribution in [0, 0.1) is 5.82 Å². The number of halogens is 1. The third-order valence-electron chi connectivity index (χ3n) is 5.55. The number of rotatable bonds is 6. The number of anilines is 2. The van der Waals surface area contributed by atoms with Gasteiger partial charge in [0.25, 0.3) is 0 Å². The molecule has 6 heteroatoms. The van der Waals surface area contributed by atoms with Gasteiger partial charge in [0.1, 0.15) is 11.6 Å². The largest absolute Gasteiger partial charge is 0.354 e. The Bertz CT molecular complexity index is 790. The summed E-state index contributed by atoms with van der Waals surface area (Å²) < 4.78 is 13.8. The highest BCUT2D eigenvalue weighted by Crippen LogP contribution is 2.37. The number of piperazine rings is 1. The molecule has 0 radical (unpaired) electrons. The number of nitrogens with zero attached hydrogens (tertiary/aromatic N) is 3. The normalized spacial score (nSPS) is 19.8. The van der Waals surface area contributed by atoms with Crippen molar-refractivity contribution < 1.29 is 9.18 Å². The zero-order valence-corrected chi connectivity index (χ0v) is 15.4. The summed E-state index contributed by atoms with van der Waals surface area (Å²) in [6.45, 7) is 5.10. The fourth-order valence-corrected chi connectivity index (χ4v) is 4.03. The van der Waals surface area contributed by atoms with E-state index in [4.69, 9.17) is 0 Å². The number of fused-ring (bicyclic) bond motifs is 1. The average Bonchev–Trinajstić information content (AvgIpc) is 3.03. The Balaban J connectivity index is 1.21. The quantitative estimate of drug-likeness (QED) is 0.795. The van der Waals surface area contributed by atoms with Crippen molar-refractivity contribution >= 4 is 17.4 Å². The molecule has 1 N–H and O–H groups in total. The Labute approximate surface area is 159 Å². The summed E-state index contributed by atoms with van der Waals surface area (Å²) in [6, 6.07) is 11.0. The Morgan fingerprint density at radius 2 is 1.93 bits per heavy atom. The van der Waals surface area contributed by atoms with E-state index in [2.05, 4.69) is 26.2 Å². The minimum absolute atomic E-state index is 0.0703. The summed E-state index contributed by atoms with van der Waals surface area (Å²) in [4.78, 5) is 21.4. The second-order valence-electron chi connectivity index (χ2n) is 7.26. The second kappa shape index (κ2) is 8.05. The van der Waals surface area contributed by atoms with Gasteiger partial charge in [-0.2, -0.15) is 0 Å². The Morgan fingerprint density at radius 3 is 2.70 bits per heavy atom. The molecule has 1 unspecified atom stereocenters. The van der Waals surface area contributed by atoms with Crippen LogP contribution in [0.1, 0.15) is 30.7 Å². The number of hydrogen-bond donors (Lipinski definition) is 1. The molecule has 0 saturated carbocycles. The van der Waals surface area contributed by atoms with Crippen molar-refractivity contribution in [3.8, 4) is 0 Å². The maximum absolute atomic E-state index is 13.8. The third kappa shape index (κ3) is 3.95. The van der Waals surface area contributed by atoms with E-state index in [0.717, 1.165) is 63.4 Å². The summed E-state index contributed by atoms with van der Waals surface area (Å²) >= 11 is 0. The number of aromatic nitrogens is 1. The van der Waals surface area contributed by atoms with E-state index >= 15 is 0 Å². The first kappa shape index (κ1) is 17.9. The summed E-state index contributed by atoms with van der Waals surface area (Å²) in [5.74, 6) is 0.431. The van der Waals surface area contributed by atoms with Crippen molar-refractivity contribution in [2.45, 2.75) is 25.2 Å². The molecule has 2 aliphatic rings. The van der Waals surface area contributed by atoms with E-state index in [1.54, 1.807) is 6.07 Å². The minimum atomic E-state index is -0.339. The van der Waals surface area contributed by atoms with Gasteiger partial charge in [0.15, 0.2) is 0 Å². The predicted molar refractivity (Wildman–Crippen MR) is 105 cm³/mol. The van der Waals surface area contributed by atoms with Crippen molar-refractivity contribution in [3.63, 3.8) is 0 Å². The molecule has 4 rings (SSSR count). The maximum atomic E-state index is 13.8. The van der Waals surface area contributed by atoms with E-state index in [-0.39, 0.29) is 17.6 Å². The van der Waals surface area contributed by atoms with Crippen LogP contribution in [-0.4, -0.2) is 48.5 Å². The molecule has 1 aromatic heterocycles. The van der Waals surface area contributed by atoms with Crippen molar-refractivity contribution in [3.05, 3.63) is 54.0 Å². The van der Waals surface area contributed by atoms with Gasteiger partial charge in [-0.15, -0.1) is 0 Å². The molecule has 2 aromatic rings. The zero-order chi connectivity index (χ0) is 18.6. The molecule has 0 bridgehead atoms. The lowest BCUT2D eigenvalue weighted by molar-refractivity contribution is -0.117. The molecule has 142 valence electrons. The predicted octanol–water partition coefficient (Wildman–Crippen LogP) is 3.25. The van der Waals surface area contributed by atoms with Gasteiger partial charge in [0.05, 0.1) is 11.6 Å². The fourth-order valence-electron chi connectivity index (χ4n) is 4.03. The highest BCUT2D eigenvalue weighted by Gasteiger charge is 2.31. The first-order chi connectivity index (χ1) is 13.2. The van der Waals surface area contributed by atoms with Crippen LogP contribution >= 0.6 is 0 Å². The molecule has 0 spiro atoms. The van der Waals surface area contributed by atoms with Crippen molar-refractivity contribution in [1.82, 2.24) is 9.88 Å². The smallest absolute Gasteiger partial charge is 0.232 e. The Hall–Kier alpha value is -2.47. The number of pyridine rings is 1. The maximum Gasteiger partial charge on any atom is 0.232 e. The number of benzene rings is 1. The lowest BCUT2D eigenvalue weighted by atomic mass is 9.95. The molecule has 1 saturated heterocycles. The topological polar surface area (TPSA) is 48.5 Å². The molecule has 1 fully saturated rings. The zero-order valence-electron chi connectivity index (χ0n) is 15.4. The summed E-state index contributed by atoms with van der Waals surface area (Å²) in [5.41, 5.74) is 1.18. The lowest BCUT2D eigenvalue weighted by Gasteiger charge is -2.35. The summed E-state index contributed by atoms with van der Waals surface area (Å²) in [7, 11) is 0. The molecule has 1 aromatic carbocycles. The van der Waals surface area contributed by atoms with E-state index in [0.29, 0.717) is 5.69 Å². The molecule has 1 amide bonds. The van der Waals surface area contributed by atoms with Crippen molar-refractivity contribution in [2.24, 2.45) is 0 Å². The van der Waals surface area contributed by atoms with Crippen molar-refractivity contribution in [1.29, 1.82) is 0 Å². The summed E-state index contributed by atoms with van der Waals surface area (Å²) in [5, 5.41) is 2.69. The number of hydrogen-bond acceptors (Lipinski definition) is 4. The Kier molecular flexibility index (Phi) is 5.34. The SMILES string of the molecule is O=C1Nc2c(F)cccc2C1CCCCN1CCN(c2ccccn2)CC1. The van der Waals surface area contributed by atoms with Crippen LogP contribution < -0.4 is 10.2 Å². The van der Waals surface area contributed by atoms with Gasteiger partial charge in [-0.3, -0.25) is 9.69 Å². The standard InChI is InChI=1S/C21H25FN4O/c22-18-8-5-7-16-17(21(27)24-20(16)18)6-2-4-11-25-12-14-26(15-13-25)19-9-1-3-10-23-19/h1,3,5,7-10,17H,2,4,6,11-15H2,(H,24,27). The molecule has 0 aliphatic carbocycles. The monoisotopic (exact) mass is 368 g/mol. The van der Waals surface area contributed by atoms with E-state index < -0.39 is 0 Å². The minimum Gasteiger partial charge on any atom is -0.354 e. The van der Waals surface area contributed by atoms with E-state index in [9.17, 15) is 9.18 Å².